The van der Waals surface area contributed by atoms with E-state index in [1.807, 2.05) is 0 Å². The highest BCUT2D eigenvalue weighted by Crippen LogP contribution is 2.27. The minimum absolute atomic E-state index is 0.0332. The number of carboxylic acid groups (broad SMARTS) is 1. The number of carboxylic acids is 1. The first-order chi connectivity index (χ1) is 13.5. The Hall–Kier alpha value is -3.14. The second kappa shape index (κ2) is 7.47. The maximum atomic E-state index is 14.3. The van der Waals surface area contributed by atoms with Crippen LogP contribution in [0.4, 0.5) is 14.6 Å². The van der Waals surface area contributed by atoms with Crippen molar-refractivity contribution < 1.29 is 18.7 Å². The van der Waals surface area contributed by atoms with Crippen LogP contribution in [0.5, 0.6) is 0 Å². The fraction of sp³-hybridized carbons (Fsp3) is 0.333. The van der Waals surface area contributed by atoms with E-state index in [0.717, 1.165) is 25.2 Å². The summed E-state index contributed by atoms with van der Waals surface area (Å²) < 4.78 is 27.8. The Morgan fingerprint density at radius 3 is 3.04 bits per heavy atom. The van der Waals surface area contributed by atoms with Crippen LogP contribution < -0.4 is 5.32 Å². The third kappa shape index (κ3) is 3.77. The zero-order valence-electron chi connectivity index (χ0n) is 14.8. The molecule has 0 aromatic carbocycles. The van der Waals surface area contributed by atoms with Gasteiger partial charge >= 0.3 is 5.97 Å². The number of aliphatic carboxylic acids is 1. The van der Waals surface area contributed by atoms with Gasteiger partial charge in [-0.05, 0) is 25.5 Å². The Morgan fingerprint density at radius 1 is 1.36 bits per heavy atom. The standard InChI is InChI=1S/C18H18F2N6O2/c19-10-4-12-13(6-22-16(12)21-5-10)17-23-7-14(20)18(25-17)24-11-2-1-3-26(8-11)9-15(27)28/h4-7,11H,1-3,8-9H2,(H,21,22)(H,27,28)(H,23,24,25)/t11-/m0/s1. The molecule has 0 saturated carbocycles. The van der Waals surface area contributed by atoms with Gasteiger partial charge < -0.3 is 15.4 Å². The summed E-state index contributed by atoms with van der Waals surface area (Å²) in [7, 11) is 0. The van der Waals surface area contributed by atoms with E-state index in [0.29, 0.717) is 29.7 Å². The molecule has 1 aliphatic heterocycles. The van der Waals surface area contributed by atoms with Crippen molar-refractivity contribution in [2.24, 2.45) is 0 Å². The zero-order valence-corrected chi connectivity index (χ0v) is 14.8. The lowest BCUT2D eigenvalue weighted by molar-refractivity contribution is -0.138. The number of rotatable bonds is 5. The number of fused-ring (bicyclic) bond motifs is 1. The van der Waals surface area contributed by atoms with Gasteiger partial charge in [0.2, 0.25) is 0 Å². The Bertz CT molecular complexity index is 1020. The number of nitrogens with zero attached hydrogens (tertiary/aromatic N) is 4. The van der Waals surface area contributed by atoms with Crippen molar-refractivity contribution in [1.82, 2.24) is 24.8 Å². The topological polar surface area (TPSA) is 107 Å². The number of aromatic amines is 1. The van der Waals surface area contributed by atoms with E-state index in [1.165, 1.54) is 6.07 Å². The number of piperidine rings is 1. The van der Waals surface area contributed by atoms with E-state index in [-0.39, 0.29) is 24.2 Å². The fourth-order valence-electron chi connectivity index (χ4n) is 3.46. The van der Waals surface area contributed by atoms with Crippen LogP contribution in [0.3, 0.4) is 0 Å². The SMILES string of the molecule is O=C(O)CN1CCC[C@H](Nc2nc(-c3c[nH]c4ncc(F)cc34)ncc2F)C1. The summed E-state index contributed by atoms with van der Waals surface area (Å²) in [6, 6.07) is 1.19. The summed E-state index contributed by atoms with van der Waals surface area (Å²) in [5, 5.41) is 12.5. The highest BCUT2D eigenvalue weighted by Gasteiger charge is 2.23. The van der Waals surface area contributed by atoms with Crippen LogP contribution in [0.2, 0.25) is 0 Å². The van der Waals surface area contributed by atoms with Crippen molar-refractivity contribution >= 4 is 22.8 Å². The molecule has 3 aromatic rings. The predicted octanol–water partition coefficient (Wildman–Crippen LogP) is 2.26. The molecule has 28 heavy (non-hydrogen) atoms. The molecule has 1 fully saturated rings. The number of carbonyl (C=O) groups is 1. The third-order valence-corrected chi connectivity index (χ3v) is 4.69. The number of hydrogen-bond donors (Lipinski definition) is 3. The maximum Gasteiger partial charge on any atom is 0.317 e. The van der Waals surface area contributed by atoms with Crippen molar-refractivity contribution in [3.63, 3.8) is 0 Å². The zero-order chi connectivity index (χ0) is 19.7. The first-order valence-electron chi connectivity index (χ1n) is 8.86. The minimum Gasteiger partial charge on any atom is -0.480 e. The van der Waals surface area contributed by atoms with E-state index in [1.54, 1.807) is 11.1 Å². The normalized spacial score (nSPS) is 17.7. The summed E-state index contributed by atoms with van der Waals surface area (Å²) in [6.45, 7) is 1.12. The van der Waals surface area contributed by atoms with Gasteiger partial charge in [-0.2, -0.15) is 0 Å². The molecule has 0 amide bonds. The van der Waals surface area contributed by atoms with Crippen LogP contribution in [0.15, 0.2) is 24.7 Å². The lowest BCUT2D eigenvalue weighted by Crippen LogP contribution is -2.44. The first kappa shape index (κ1) is 18.2. The molecule has 3 aromatic heterocycles. The Balaban J connectivity index is 1.59. The van der Waals surface area contributed by atoms with Crippen molar-refractivity contribution in [2.45, 2.75) is 18.9 Å². The summed E-state index contributed by atoms with van der Waals surface area (Å²) in [6.07, 6.45) is 5.35. The van der Waals surface area contributed by atoms with Gasteiger partial charge in [-0.3, -0.25) is 9.69 Å². The summed E-state index contributed by atoms with van der Waals surface area (Å²) >= 11 is 0. The van der Waals surface area contributed by atoms with Gasteiger partial charge in [-0.1, -0.05) is 0 Å². The molecule has 1 saturated heterocycles. The van der Waals surface area contributed by atoms with E-state index in [2.05, 4.69) is 25.3 Å². The lowest BCUT2D eigenvalue weighted by Gasteiger charge is -2.32. The molecule has 1 aliphatic rings. The molecule has 0 aliphatic carbocycles. The highest BCUT2D eigenvalue weighted by atomic mass is 19.1. The number of anilines is 1. The number of halogens is 2. The monoisotopic (exact) mass is 388 g/mol. The van der Waals surface area contributed by atoms with Crippen molar-refractivity contribution in [3.8, 4) is 11.4 Å². The molecule has 0 radical (unpaired) electrons. The lowest BCUT2D eigenvalue weighted by atomic mass is 10.1. The minimum atomic E-state index is -0.892. The third-order valence-electron chi connectivity index (χ3n) is 4.69. The van der Waals surface area contributed by atoms with Crippen molar-refractivity contribution in [2.75, 3.05) is 25.0 Å². The molecule has 0 bridgehead atoms. The van der Waals surface area contributed by atoms with Gasteiger partial charge in [-0.15, -0.1) is 0 Å². The number of likely N-dealkylation sites (tertiary alicyclic amines) is 1. The molecule has 3 N–H and O–H groups in total. The molecular formula is C18H18F2N6O2. The van der Waals surface area contributed by atoms with Crippen LogP contribution in [0, 0.1) is 11.6 Å². The number of H-pyrrole nitrogens is 1. The van der Waals surface area contributed by atoms with E-state index in [4.69, 9.17) is 5.11 Å². The molecule has 146 valence electrons. The molecule has 10 heteroatoms. The van der Waals surface area contributed by atoms with Crippen molar-refractivity contribution in [3.05, 3.63) is 36.3 Å². The van der Waals surface area contributed by atoms with E-state index >= 15 is 0 Å². The molecule has 4 rings (SSSR count). The predicted molar refractivity (Wildman–Crippen MR) is 97.8 cm³/mol. The first-order valence-corrected chi connectivity index (χ1v) is 8.86. The number of nitrogens with one attached hydrogen (secondary N) is 2. The smallest absolute Gasteiger partial charge is 0.317 e. The van der Waals surface area contributed by atoms with Crippen LogP contribution in [-0.4, -0.2) is 61.6 Å². The van der Waals surface area contributed by atoms with Gasteiger partial charge in [0.25, 0.3) is 0 Å². The quantitative estimate of drug-likeness (QED) is 0.615. The largest absolute Gasteiger partial charge is 0.480 e. The van der Waals surface area contributed by atoms with Gasteiger partial charge in [0.15, 0.2) is 17.5 Å². The number of pyridine rings is 1. The molecular weight excluding hydrogens is 370 g/mol. The molecule has 1 atom stereocenters. The number of hydrogen-bond acceptors (Lipinski definition) is 6. The Kier molecular flexibility index (Phi) is 4.86. The van der Waals surface area contributed by atoms with Crippen LogP contribution in [0.25, 0.3) is 22.4 Å². The van der Waals surface area contributed by atoms with Crippen LogP contribution >= 0.6 is 0 Å². The molecule has 0 spiro atoms. The molecule has 0 unspecified atom stereocenters. The van der Waals surface area contributed by atoms with E-state index < -0.39 is 17.6 Å². The van der Waals surface area contributed by atoms with Crippen LogP contribution in [-0.2, 0) is 4.79 Å². The number of aromatic nitrogens is 4. The van der Waals surface area contributed by atoms with Gasteiger partial charge in [0.05, 0.1) is 18.9 Å². The average Bonchev–Trinajstić information content (AvgIpc) is 3.06. The summed E-state index contributed by atoms with van der Waals surface area (Å²) in [4.78, 5) is 27.9. The molecule has 8 nitrogen and oxygen atoms in total. The van der Waals surface area contributed by atoms with E-state index in [9.17, 15) is 13.6 Å². The van der Waals surface area contributed by atoms with Gasteiger partial charge in [0, 0.05) is 29.7 Å². The van der Waals surface area contributed by atoms with Gasteiger partial charge in [0.1, 0.15) is 11.5 Å². The summed E-state index contributed by atoms with van der Waals surface area (Å²) in [5.41, 5.74) is 0.997. The average molecular weight is 388 g/mol. The van der Waals surface area contributed by atoms with Crippen molar-refractivity contribution in [1.29, 1.82) is 0 Å². The van der Waals surface area contributed by atoms with Gasteiger partial charge in [-0.25, -0.2) is 23.7 Å². The maximum absolute atomic E-state index is 14.3. The second-order valence-corrected chi connectivity index (χ2v) is 6.75. The summed E-state index contributed by atoms with van der Waals surface area (Å²) in [5.74, 6) is -1.72. The Morgan fingerprint density at radius 2 is 2.21 bits per heavy atom. The van der Waals surface area contributed by atoms with Crippen LogP contribution in [0.1, 0.15) is 12.8 Å². The second-order valence-electron chi connectivity index (χ2n) is 6.75. The fourth-order valence-corrected chi connectivity index (χ4v) is 3.46. The highest BCUT2D eigenvalue weighted by molar-refractivity contribution is 5.91. The molecule has 4 heterocycles. The Labute approximate surface area is 158 Å².